The number of nitrogens with zero attached hydrogens (tertiary/aromatic N) is 3. The summed E-state index contributed by atoms with van der Waals surface area (Å²) in [4.78, 5) is 21.5. The van der Waals surface area contributed by atoms with Crippen molar-refractivity contribution < 1.29 is 14.6 Å². The summed E-state index contributed by atoms with van der Waals surface area (Å²) in [5.74, 6) is 0.665. The van der Waals surface area contributed by atoms with E-state index in [0.29, 0.717) is 25.6 Å². The first-order valence-electron chi connectivity index (χ1n) is 5.94. The molecule has 0 spiro atoms. The van der Waals surface area contributed by atoms with Crippen molar-refractivity contribution in [2.75, 3.05) is 24.7 Å². The third-order valence-corrected chi connectivity index (χ3v) is 2.88. The number of ether oxygens (including phenoxy) is 1. The molecule has 1 atom stereocenters. The van der Waals surface area contributed by atoms with Crippen molar-refractivity contribution in [3.8, 4) is 0 Å². The molecule has 0 amide bonds. The minimum Gasteiger partial charge on any atom is -0.481 e. The molecule has 2 heterocycles. The van der Waals surface area contributed by atoms with Crippen LogP contribution in [0.1, 0.15) is 17.9 Å². The molecule has 1 unspecified atom stereocenters. The third kappa shape index (κ3) is 2.95. The second-order valence-corrected chi connectivity index (χ2v) is 4.43. The van der Waals surface area contributed by atoms with Gasteiger partial charge in [-0.1, -0.05) is 0 Å². The number of hydrogen-bond donors (Lipinski definition) is 1. The van der Waals surface area contributed by atoms with Crippen LogP contribution in [0.3, 0.4) is 0 Å². The fourth-order valence-electron chi connectivity index (χ4n) is 2.17. The SMILES string of the molecule is Cc1cc(N2CCOCC2CC(=O)O)nc(C)n1. The molecule has 2 rings (SSSR count). The Kier molecular flexibility index (Phi) is 3.76. The second kappa shape index (κ2) is 5.30. The normalized spacial score (nSPS) is 19.9. The van der Waals surface area contributed by atoms with Crippen molar-refractivity contribution in [3.05, 3.63) is 17.6 Å². The van der Waals surface area contributed by atoms with Gasteiger partial charge in [0, 0.05) is 18.3 Å². The molecule has 6 nitrogen and oxygen atoms in total. The third-order valence-electron chi connectivity index (χ3n) is 2.88. The van der Waals surface area contributed by atoms with Gasteiger partial charge in [0.25, 0.3) is 0 Å². The van der Waals surface area contributed by atoms with Gasteiger partial charge in [-0.05, 0) is 13.8 Å². The molecular weight excluding hydrogens is 234 g/mol. The summed E-state index contributed by atoms with van der Waals surface area (Å²) in [6.45, 7) is 5.43. The Morgan fingerprint density at radius 1 is 1.56 bits per heavy atom. The van der Waals surface area contributed by atoms with Crippen molar-refractivity contribution in [2.24, 2.45) is 0 Å². The number of morpholine rings is 1. The van der Waals surface area contributed by atoms with Crippen LogP contribution in [0.5, 0.6) is 0 Å². The number of carbonyl (C=O) groups is 1. The van der Waals surface area contributed by atoms with Crippen LogP contribution in [0.15, 0.2) is 6.07 Å². The van der Waals surface area contributed by atoms with Gasteiger partial charge in [0.05, 0.1) is 25.7 Å². The van der Waals surface area contributed by atoms with Crippen molar-refractivity contribution in [1.29, 1.82) is 0 Å². The van der Waals surface area contributed by atoms with Gasteiger partial charge in [0.1, 0.15) is 11.6 Å². The summed E-state index contributed by atoms with van der Waals surface area (Å²) < 4.78 is 5.35. The van der Waals surface area contributed by atoms with Crippen molar-refractivity contribution in [1.82, 2.24) is 9.97 Å². The van der Waals surface area contributed by atoms with Crippen LogP contribution >= 0.6 is 0 Å². The predicted molar refractivity (Wildman–Crippen MR) is 65.7 cm³/mol. The maximum atomic E-state index is 10.9. The monoisotopic (exact) mass is 251 g/mol. The van der Waals surface area contributed by atoms with Gasteiger partial charge < -0.3 is 14.7 Å². The van der Waals surface area contributed by atoms with Crippen molar-refractivity contribution >= 4 is 11.8 Å². The Morgan fingerprint density at radius 3 is 3.00 bits per heavy atom. The van der Waals surface area contributed by atoms with Gasteiger partial charge in [0.15, 0.2) is 0 Å². The van der Waals surface area contributed by atoms with Gasteiger partial charge in [-0.2, -0.15) is 0 Å². The second-order valence-electron chi connectivity index (χ2n) is 4.43. The maximum Gasteiger partial charge on any atom is 0.305 e. The Bertz CT molecular complexity index is 430. The van der Waals surface area contributed by atoms with Crippen molar-refractivity contribution in [2.45, 2.75) is 26.3 Å². The molecule has 1 N–H and O–H groups in total. The molecule has 1 aromatic rings. The molecule has 0 aliphatic carbocycles. The van der Waals surface area contributed by atoms with E-state index in [1.807, 2.05) is 24.8 Å². The average molecular weight is 251 g/mol. The van der Waals surface area contributed by atoms with E-state index in [-0.39, 0.29) is 12.5 Å². The number of aryl methyl sites for hydroxylation is 2. The van der Waals surface area contributed by atoms with E-state index < -0.39 is 5.97 Å². The summed E-state index contributed by atoms with van der Waals surface area (Å²) in [7, 11) is 0. The lowest BCUT2D eigenvalue weighted by molar-refractivity contribution is -0.138. The van der Waals surface area contributed by atoms with E-state index in [0.717, 1.165) is 11.5 Å². The van der Waals surface area contributed by atoms with Crippen LogP contribution in [-0.2, 0) is 9.53 Å². The molecular formula is C12H17N3O3. The van der Waals surface area contributed by atoms with Crippen molar-refractivity contribution in [3.63, 3.8) is 0 Å². The summed E-state index contributed by atoms with van der Waals surface area (Å²) in [5.41, 5.74) is 0.887. The highest BCUT2D eigenvalue weighted by atomic mass is 16.5. The van der Waals surface area contributed by atoms with Crippen LogP contribution in [-0.4, -0.2) is 46.8 Å². The largest absolute Gasteiger partial charge is 0.481 e. The zero-order valence-corrected chi connectivity index (χ0v) is 10.6. The number of anilines is 1. The highest BCUT2D eigenvalue weighted by Crippen LogP contribution is 2.20. The number of carboxylic acids is 1. The molecule has 0 aromatic carbocycles. The number of rotatable bonds is 3. The minimum absolute atomic E-state index is 0.0576. The molecule has 1 saturated heterocycles. The van der Waals surface area contributed by atoms with Gasteiger partial charge >= 0.3 is 5.97 Å². The lowest BCUT2D eigenvalue weighted by Gasteiger charge is -2.35. The van der Waals surface area contributed by atoms with E-state index in [4.69, 9.17) is 9.84 Å². The number of hydrogen-bond acceptors (Lipinski definition) is 5. The van der Waals surface area contributed by atoms with Gasteiger partial charge in [-0.3, -0.25) is 4.79 Å². The Hall–Kier alpha value is -1.69. The van der Waals surface area contributed by atoms with E-state index in [1.165, 1.54) is 0 Å². The van der Waals surface area contributed by atoms with E-state index in [2.05, 4.69) is 9.97 Å². The van der Waals surface area contributed by atoms with Gasteiger partial charge in [-0.15, -0.1) is 0 Å². The number of aromatic nitrogens is 2. The molecule has 98 valence electrons. The van der Waals surface area contributed by atoms with Gasteiger partial charge in [0.2, 0.25) is 0 Å². The first-order chi connectivity index (χ1) is 8.56. The lowest BCUT2D eigenvalue weighted by Crippen LogP contribution is -2.47. The topological polar surface area (TPSA) is 75.5 Å². The van der Waals surface area contributed by atoms with Gasteiger partial charge in [-0.25, -0.2) is 9.97 Å². The van der Waals surface area contributed by atoms with Crippen LogP contribution < -0.4 is 4.90 Å². The molecule has 1 fully saturated rings. The van der Waals surface area contributed by atoms with E-state index in [9.17, 15) is 4.79 Å². The summed E-state index contributed by atoms with van der Waals surface area (Å²) in [6.07, 6.45) is 0.0576. The molecule has 0 radical (unpaired) electrons. The highest BCUT2D eigenvalue weighted by molar-refractivity contribution is 5.68. The molecule has 1 aliphatic rings. The van der Waals surface area contributed by atoms with Crippen LogP contribution in [0, 0.1) is 13.8 Å². The fourth-order valence-corrected chi connectivity index (χ4v) is 2.17. The number of carboxylic acid groups (broad SMARTS) is 1. The Balaban J connectivity index is 2.24. The van der Waals surface area contributed by atoms with E-state index in [1.54, 1.807) is 0 Å². The smallest absolute Gasteiger partial charge is 0.305 e. The zero-order valence-electron chi connectivity index (χ0n) is 10.6. The van der Waals surface area contributed by atoms with Crippen LogP contribution in [0.4, 0.5) is 5.82 Å². The molecule has 0 saturated carbocycles. The highest BCUT2D eigenvalue weighted by Gasteiger charge is 2.26. The molecule has 1 aliphatic heterocycles. The molecule has 6 heteroatoms. The fraction of sp³-hybridized carbons (Fsp3) is 0.583. The first-order valence-corrected chi connectivity index (χ1v) is 5.94. The van der Waals surface area contributed by atoms with Crippen LogP contribution in [0.2, 0.25) is 0 Å². The first kappa shape index (κ1) is 12.8. The predicted octanol–water partition coefficient (Wildman–Crippen LogP) is 0.773. The standard InChI is InChI=1S/C12H17N3O3/c1-8-5-11(14-9(2)13-8)15-3-4-18-7-10(15)6-12(16)17/h5,10H,3-4,6-7H2,1-2H3,(H,16,17). The Labute approximate surface area is 106 Å². The summed E-state index contributed by atoms with van der Waals surface area (Å²) in [5, 5.41) is 8.92. The number of aliphatic carboxylic acids is 1. The molecule has 18 heavy (non-hydrogen) atoms. The maximum absolute atomic E-state index is 10.9. The Morgan fingerprint density at radius 2 is 2.33 bits per heavy atom. The quantitative estimate of drug-likeness (QED) is 0.855. The summed E-state index contributed by atoms with van der Waals surface area (Å²) in [6, 6.07) is 1.72. The summed E-state index contributed by atoms with van der Waals surface area (Å²) >= 11 is 0. The minimum atomic E-state index is -0.821. The zero-order chi connectivity index (χ0) is 13.1. The lowest BCUT2D eigenvalue weighted by atomic mass is 10.1. The molecule has 0 bridgehead atoms. The van der Waals surface area contributed by atoms with Crippen LogP contribution in [0.25, 0.3) is 0 Å². The molecule has 1 aromatic heterocycles. The van der Waals surface area contributed by atoms with E-state index >= 15 is 0 Å². The average Bonchev–Trinajstić information content (AvgIpc) is 2.27.